The number of non-ortho nitro benzene ring substituents is 1. The van der Waals surface area contributed by atoms with Crippen molar-refractivity contribution in [1.29, 1.82) is 0 Å². The maximum absolute atomic E-state index is 13.5. The molecule has 1 amide bonds. The zero-order valence-corrected chi connectivity index (χ0v) is 22.8. The highest BCUT2D eigenvalue weighted by Gasteiger charge is 2.35. The monoisotopic (exact) mass is 521 g/mol. The summed E-state index contributed by atoms with van der Waals surface area (Å²) in [5.41, 5.74) is 2.38. The van der Waals surface area contributed by atoms with Crippen molar-refractivity contribution < 1.29 is 27.6 Å². The van der Waals surface area contributed by atoms with Gasteiger partial charge in [0.2, 0.25) is 15.9 Å². The predicted molar refractivity (Wildman–Crippen MR) is 139 cm³/mol. The van der Waals surface area contributed by atoms with Gasteiger partial charge < -0.3 is 14.8 Å². The van der Waals surface area contributed by atoms with Gasteiger partial charge in [-0.2, -0.15) is 0 Å². The number of hydrogen-bond donors (Lipinski definition) is 1. The number of carbonyl (C=O) groups is 1. The van der Waals surface area contributed by atoms with Crippen molar-refractivity contribution in [2.45, 2.75) is 59.0 Å². The van der Waals surface area contributed by atoms with Crippen LogP contribution in [-0.2, 0) is 14.8 Å². The van der Waals surface area contributed by atoms with Gasteiger partial charge in [-0.1, -0.05) is 20.8 Å². The molecule has 2 atom stereocenters. The van der Waals surface area contributed by atoms with Gasteiger partial charge in [-0.25, -0.2) is 8.42 Å². The fourth-order valence-corrected chi connectivity index (χ4v) is 5.40. The number of hydrogen-bond acceptors (Lipinski definition) is 7. The molecule has 0 aliphatic rings. The number of methoxy groups -OCH3 is 2. The number of carbonyl (C=O) groups excluding carboxylic acids is 1. The van der Waals surface area contributed by atoms with Gasteiger partial charge in [0.25, 0.3) is 5.69 Å². The van der Waals surface area contributed by atoms with Crippen LogP contribution < -0.4 is 19.1 Å². The van der Waals surface area contributed by atoms with Crippen LogP contribution in [0, 0.1) is 17.0 Å². The highest BCUT2D eigenvalue weighted by molar-refractivity contribution is 7.92. The van der Waals surface area contributed by atoms with Crippen LogP contribution in [0.25, 0.3) is 0 Å². The van der Waals surface area contributed by atoms with Gasteiger partial charge in [0.15, 0.2) is 0 Å². The molecule has 0 heterocycles. The average molecular weight is 522 g/mol. The SMILES string of the molecule is CC[C@H](C(=O)N[C@@H](C)c1cc(C(C)C)c(OC)cc1C)N(c1cc([N+](=O)[O-])ccc1OC)S(C)(=O)=O. The Kier molecular flexibility index (Phi) is 9.31. The number of nitrogens with one attached hydrogen (secondary N) is 1. The first-order valence-electron chi connectivity index (χ1n) is 11.6. The van der Waals surface area contributed by atoms with Gasteiger partial charge in [0, 0.05) is 12.1 Å². The summed E-state index contributed by atoms with van der Waals surface area (Å²) in [6.45, 7) is 9.50. The zero-order valence-electron chi connectivity index (χ0n) is 22.0. The number of sulfonamides is 1. The number of benzene rings is 2. The van der Waals surface area contributed by atoms with Crippen molar-refractivity contribution in [2.75, 3.05) is 24.8 Å². The first-order chi connectivity index (χ1) is 16.8. The summed E-state index contributed by atoms with van der Waals surface area (Å²) in [6.07, 6.45) is 1.07. The number of aryl methyl sites for hydroxylation is 1. The molecule has 0 aliphatic heterocycles. The fraction of sp³-hybridized carbons (Fsp3) is 0.480. The van der Waals surface area contributed by atoms with E-state index < -0.39 is 32.9 Å². The molecule has 0 unspecified atom stereocenters. The summed E-state index contributed by atoms with van der Waals surface area (Å²) in [5.74, 6) is 0.507. The molecule has 2 aromatic carbocycles. The molecule has 0 aromatic heterocycles. The third kappa shape index (κ3) is 6.26. The Hall–Kier alpha value is -3.34. The number of nitro benzene ring substituents is 1. The van der Waals surface area contributed by atoms with E-state index in [4.69, 9.17) is 9.47 Å². The first-order valence-corrected chi connectivity index (χ1v) is 13.4. The number of amides is 1. The summed E-state index contributed by atoms with van der Waals surface area (Å²) in [4.78, 5) is 24.2. The normalized spacial score (nSPS) is 13.1. The van der Waals surface area contributed by atoms with Crippen LogP contribution >= 0.6 is 0 Å². The summed E-state index contributed by atoms with van der Waals surface area (Å²) < 4.78 is 37.5. The van der Waals surface area contributed by atoms with Gasteiger partial charge in [-0.05, 0) is 61.1 Å². The van der Waals surface area contributed by atoms with Gasteiger partial charge >= 0.3 is 0 Å². The van der Waals surface area contributed by atoms with E-state index in [2.05, 4.69) is 5.32 Å². The maximum atomic E-state index is 13.5. The van der Waals surface area contributed by atoms with Crippen LogP contribution in [0.4, 0.5) is 11.4 Å². The van der Waals surface area contributed by atoms with Crippen LogP contribution in [0.5, 0.6) is 11.5 Å². The largest absolute Gasteiger partial charge is 0.496 e. The highest BCUT2D eigenvalue weighted by atomic mass is 32.2. The Bertz CT molecular complexity index is 1230. The van der Waals surface area contributed by atoms with Crippen molar-refractivity contribution in [3.8, 4) is 11.5 Å². The predicted octanol–water partition coefficient (Wildman–Crippen LogP) is 4.47. The Labute approximate surface area is 212 Å². The van der Waals surface area contributed by atoms with Crippen LogP contribution in [0.1, 0.15) is 62.8 Å². The van der Waals surface area contributed by atoms with E-state index in [1.54, 1.807) is 14.0 Å². The number of nitro groups is 1. The summed E-state index contributed by atoms with van der Waals surface area (Å²) >= 11 is 0. The molecule has 10 nitrogen and oxygen atoms in total. The van der Waals surface area contributed by atoms with E-state index in [1.807, 2.05) is 39.8 Å². The Balaban J connectivity index is 2.52. The fourth-order valence-electron chi connectivity index (χ4n) is 4.20. The second kappa shape index (κ2) is 11.6. The number of ether oxygens (including phenoxy) is 2. The number of rotatable bonds is 11. The molecule has 0 bridgehead atoms. The van der Waals surface area contributed by atoms with Crippen molar-refractivity contribution >= 4 is 27.3 Å². The molecule has 0 fully saturated rings. The van der Waals surface area contributed by atoms with Crippen molar-refractivity contribution in [3.05, 3.63) is 57.1 Å². The summed E-state index contributed by atoms with van der Waals surface area (Å²) in [7, 11) is -1.09. The molecular weight excluding hydrogens is 486 g/mol. The Morgan fingerprint density at radius 3 is 2.17 bits per heavy atom. The molecule has 1 N–H and O–H groups in total. The topological polar surface area (TPSA) is 128 Å². The highest BCUT2D eigenvalue weighted by Crippen LogP contribution is 2.36. The standard InChI is InChI=1S/C25H35N3O7S/c1-9-21(27(36(8,32)33)22-13-18(28(30)31)10-11-23(22)34-6)25(29)26-17(5)20-14-19(15(2)3)24(35-7)12-16(20)4/h10-15,17,21H,9H2,1-8H3,(H,26,29)/t17-,21+/m0/s1. The van der Waals surface area contributed by atoms with E-state index in [0.717, 1.165) is 39.1 Å². The average Bonchev–Trinajstić information content (AvgIpc) is 2.80. The van der Waals surface area contributed by atoms with E-state index in [-0.39, 0.29) is 29.5 Å². The summed E-state index contributed by atoms with van der Waals surface area (Å²) in [5, 5.41) is 14.3. The maximum Gasteiger partial charge on any atom is 0.271 e. The third-order valence-corrected chi connectivity index (χ3v) is 7.17. The van der Waals surface area contributed by atoms with E-state index >= 15 is 0 Å². The lowest BCUT2D eigenvalue weighted by molar-refractivity contribution is -0.384. The van der Waals surface area contributed by atoms with Crippen molar-refractivity contribution in [2.24, 2.45) is 0 Å². The van der Waals surface area contributed by atoms with Crippen LogP contribution in [0.3, 0.4) is 0 Å². The van der Waals surface area contributed by atoms with Crippen molar-refractivity contribution in [3.63, 3.8) is 0 Å². The lowest BCUT2D eigenvalue weighted by Crippen LogP contribution is -2.50. The quantitative estimate of drug-likeness (QED) is 0.341. The van der Waals surface area contributed by atoms with Gasteiger partial charge in [-0.15, -0.1) is 0 Å². The van der Waals surface area contributed by atoms with Gasteiger partial charge in [0.05, 0.1) is 31.4 Å². The zero-order chi connectivity index (χ0) is 27.4. The minimum absolute atomic E-state index is 0.0772. The Morgan fingerprint density at radius 1 is 1.08 bits per heavy atom. The molecule has 0 saturated carbocycles. The van der Waals surface area contributed by atoms with Crippen LogP contribution in [0.2, 0.25) is 0 Å². The van der Waals surface area contributed by atoms with Crippen LogP contribution in [0.15, 0.2) is 30.3 Å². The smallest absolute Gasteiger partial charge is 0.271 e. The van der Waals surface area contributed by atoms with E-state index in [1.165, 1.54) is 19.2 Å². The summed E-state index contributed by atoms with van der Waals surface area (Å²) in [6, 6.07) is 5.92. The van der Waals surface area contributed by atoms with Gasteiger partial charge in [-0.3, -0.25) is 19.2 Å². The molecule has 0 saturated heterocycles. The Morgan fingerprint density at radius 2 is 1.69 bits per heavy atom. The lowest BCUT2D eigenvalue weighted by atomic mass is 9.93. The molecule has 2 aromatic rings. The molecular formula is C25H35N3O7S. The number of anilines is 1. The van der Waals surface area contributed by atoms with Crippen molar-refractivity contribution in [1.82, 2.24) is 5.32 Å². The molecule has 2 rings (SSSR count). The molecule has 0 aliphatic carbocycles. The lowest BCUT2D eigenvalue weighted by Gasteiger charge is -2.32. The molecule has 0 radical (unpaired) electrons. The minimum Gasteiger partial charge on any atom is -0.496 e. The molecule has 198 valence electrons. The molecule has 11 heteroatoms. The second-order valence-electron chi connectivity index (χ2n) is 8.93. The third-order valence-electron chi connectivity index (χ3n) is 6.01. The molecule has 36 heavy (non-hydrogen) atoms. The second-order valence-corrected chi connectivity index (χ2v) is 10.8. The van der Waals surface area contributed by atoms with E-state index in [9.17, 15) is 23.3 Å². The minimum atomic E-state index is -4.03. The van der Waals surface area contributed by atoms with E-state index in [0.29, 0.717) is 0 Å². The number of nitrogens with zero attached hydrogens (tertiary/aromatic N) is 2. The van der Waals surface area contributed by atoms with Crippen LogP contribution in [-0.4, -0.2) is 45.8 Å². The molecule has 0 spiro atoms. The first kappa shape index (κ1) is 28.9. The van der Waals surface area contributed by atoms with Gasteiger partial charge in [0.1, 0.15) is 23.2 Å².